The molecule has 0 spiro atoms. The molecular formula is C16H21N3O. The lowest BCUT2D eigenvalue weighted by Gasteiger charge is -2.03. The van der Waals surface area contributed by atoms with E-state index in [0.29, 0.717) is 12.2 Å². The van der Waals surface area contributed by atoms with Crippen molar-refractivity contribution in [2.24, 2.45) is 7.05 Å². The maximum atomic E-state index is 12.1. The zero-order chi connectivity index (χ0) is 14.1. The van der Waals surface area contributed by atoms with Crippen LogP contribution in [0.5, 0.6) is 0 Å². The lowest BCUT2D eigenvalue weighted by atomic mass is 10.1. The van der Waals surface area contributed by atoms with Gasteiger partial charge in [0.05, 0.1) is 17.9 Å². The van der Waals surface area contributed by atoms with Crippen LogP contribution in [0.2, 0.25) is 0 Å². The van der Waals surface area contributed by atoms with Crippen LogP contribution in [0.1, 0.15) is 53.5 Å². The molecule has 0 amide bonds. The molecule has 1 aliphatic rings. The Balaban J connectivity index is 1.86. The predicted molar refractivity (Wildman–Crippen MR) is 78.0 cm³/mol. The Hall–Kier alpha value is -1.84. The molecule has 0 N–H and O–H groups in total. The van der Waals surface area contributed by atoms with Gasteiger partial charge in [0.2, 0.25) is 0 Å². The first-order valence-electron chi connectivity index (χ1n) is 7.41. The van der Waals surface area contributed by atoms with Gasteiger partial charge in [-0.05, 0) is 37.3 Å². The van der Waals surface area contributed by atoms with Crippen molar-refractivity contribution in [2.45, 2.75) is 45.6 Å². The number of hydrogen-bond donors (Lipinski definition) is 0. The average Bonchev–Trinajstić information content (AvgIpc) is 2.95. The number of Topliss-reactive ketones (excluding diaryl/α,β-unsaturated/α-hetero) is 1. The molecule has 20 heavy (non-hydrogen) atoms. The molecule has 0 atom stereocenters. The number of aryl methyl sites for hydroxylation is 3. The molecule has 2 aromatic rings. The Morgan fingerprint density at radius 2 is 2.05 bits per heavy atom. The second kappa shape index (κ2) is 5.27. The molecule has 2 heterocycles. The molecule has 2 aromatic heterocycles. The summed E-state index contributed by atoms with van der Waals surface area (Å²) in [7, 11) is 1.98. The minimum atomic E-state index is 0.301. The molecule has 3 rings (SSSR count). The fraction of sp³-hybridized carbons (Fsp3) is 0.500. The molecule has 106 valence electrons. The van der Waals surface area contributed by atoms with Gasteiger partial charge in [-0.1, -0.05) is 6.92 Å². The van der Waals surface area contributed by atoms with Gasteiger partial charge in [0.25, 0.3) is 0 Å². The third kappa shape index (κ3) is 2.42. The molecule has 0 bridgehead atoms. The minimum Gasteiger partial charge on any atom is -0.347 e. The van der Waals surface area contributed by atoms with Gasteiger partial charge in [-0.2, -0.15) is 5.10 Å². The molecule has 0 unspecified atom stereocenters. The minimum absolute atomic E-state index is 0.301. The SMILES string of the molecule is CCc1cc(Cn2cc3c(c2)C(=O)CCCC3)n(C)n1. The number of carbonyl (C=O) groups is 1. The Morgan fingerprint density at radius 1 is 1.25 bits per heavy atom. The maximum absolute atomic E-state index is 12.1. The van der Waals surface area contributed by atoms with Crippen LogP contribution in [-0.4, -0.2) is 20.1 Å². The molecular weight excluding hydrogens is 250 g/mol. The van der Waals surface area contributed by atoms with Gasteiger partial charge in [-0.25, -0.2) is 0 Å². The normalized spacial score (nSPS) is 15.2. The Labute approximate surface area is 119 Å². The zero-order valence-electron chi connectivity index (χ0n) is 12.2. The number of nitrogens with zero attached hydrogens (tertiary/aromatic N) is 3. The van der Waals surface area contributed by atoms with E-state index in [9.17, 15) is 4.79 Å². The molecule has 0 aliphatic heterocycles. The molecule has 0 saturated carbocycles. The van der Waals surface area contributed by atoms with Crippen molar-refractivity contribution < 1.29 is 4.79 Å². The Kier molecular flexibility index (Phi) is 3.47. The van der Waals surface area contributed by atoms with Gasteiger partial charge in [0.1, 0.15) is 0 Å². The second-order valence-electron chi connectivity index (χ2n) is 5.60. The number of aromatic nitrogens is 3. The molecule has 0 aromatic carbocycles. The molecule has 0 radical (unpaired) electrons. The van der Waals surface area contributed by atoms with Gasteiger partial charge in [0, 0.05) is 31.4 Å². The molecule has 0 fully saturated rings. The smallest absolute Gasteiger partial charge is 0.164 e. The number of ketones is 1. The van der Waals surface area contributed by atoms with Gasteiger partial charge in [-0.15, -0.1) is 0 Å². The van der Waals surface area contributed by atoms with E-state index in [1.54, 1.807) is 0 Å². The largest absolute Gasteiger partial charge is 0.347 e. The van der Waals surface area contributed by atoms with E-state index in [1.807, 2.05) is 17.9 Å². The van der Waals surface area contributed by atoms with Crippen molar-refractivity contribution in [1.29, 1.82) is 0 Å². The van der Waals surface area contributed by atoms with Crippen molar-refractivity contribution >= 4 is 5.78 Å². The summed E-state index contributed by atoms with van der Waals surface area (Å²) in [6.07, 6.45) is 8.97. The highest BCUT2D eigenvalue weighted by Gasteiger charge is 2.18. The lowest BCUT2D eigenvalue weighted by molar-refractivity contribution is 0.0982. The average molecular weight is 271 g/mol. The van der Waals surface area contributed by atoms with Crippen LogP contribution < -0.4 is 0 Å². The second-order valence-corrected chi connectivity index (χ2v) is 5.60. The van der Waals surface area contributed by atoms with Crippen molar-refractivity contribution in [3.05, 3.63) is 41.0 Å². The summed E-state index contributed by atoms with van der Waals surface area (Å²) in [5, 5.41) is 4.47. The fourth-order valence-corrected chi connectivity index (χ4v) is 2.91. The number of rotatable bonds is 3. The third-order valence-corrected chi connectivity index (χ3v) is 4.10. The van der Waals surface area contributed by atoms with Crippen LogP contribution in [0.25, 0.3) is 0 Å². The standard InChI is InChI=1S/C16H21N3O/c1-3-13-8-14(18(2)17-13)10-19-9-12-6-4-5-7-16(20)15(12)11-19/h8-9,11H,3-7,10H2,1-2H3. The van der Waals surface area contributed by atoms with Gasteiger partial charge >= 0.3 is 0 Å². The first-order chi connectivity index (χ1) is 9.67. The number of carbonyl (C=O) groups excluding carboxylic acids is 1. The zero-order valence-corrected chi connectivity index (χ0v) is 12.2. The van der Waals surface area contributed by atoms with E-state index in [4.69, 9.17) is 0 Å². The van der Waals surface area contributed by atoms with E-state index >= 15 is 0 Å². The summed E-state index contributed by atoms with van der Waals surface area (Å²) in [5.74, 6) is 0.301. The van der Waals surface area contributed by atoms with Gasteiger partial charge < -0.3 is 4.57 Å². The van der Waals surface area contributed by atoms with Gasteiger partial charge in [-0.3, -0.25) is 9.48 Å². The van der Waals surface area contributed by atoms with Crippen LogP contribution in [0.3, 0.4) is 0 Å². The highest BCUT2D eigenvalue weighted by molar-refractivity contribution is 5.97. The van der Waals surface area contributed by atoms with E-state index in [0.717, 1.165) is 43.5 Å². The quantitative estimate of drug-likeness (QED) is 0.805. The van der Waals surface area contributed by atoms with Gasteiger partial charge in [0.15, 0.2) is 5.78 Å². The van der Waals surface area contributed by atoms with Crippen molar-refractivity contribution in [3.63, 3.8) is 0 Å². The van der Waals surface area contributed by atoms with Crippen LogP contribution in [-0.2, 0) is 26.4 Å². The van der Waals surface area contributed by atoms with Crippen molar-refractivity contribution in [3.8, 4) is 0 Å². The van der Waals surface area contributed by atoms with E-state index in [2.05, 4.69) is 28.9 Å². The first kappa shape index (κ1) is 13.2. The summed E-state index contributed by atoms with van der Waals surface area (Å²) in [6.45, 7) is 2.90. The summed E-state index contributed by atoms with van der Waals surface area (Å²) in [6, 6.07) is 2.15. The maximum Gasteiger partial charge on any atom is 0.164 e. The van der Waals surface area contributed by atoms with Crippen molar-refractivity contribution in [1.82, 2.24) is 14.3 Å². The number of fused-ring (bicyclic) bond motifs is 1. The van der Waals surface area contributed by atoms with Crippen LogP contribution in [0.15, 0.2) is 18.5 Å². The predicted octanol–water partition coefficient (Wildman–Crippen LogP) is 2.74. The first-order valence-corrected chi connectivity index (χ1v) is 7.41. The van der Waals surface area contributed by atoms with E-state index in [1.165, 1.54) is 11.3 Å². The number of hydrogen-bond acceptors (Lipinski definition) is 2. The lowest BCUT2D eigenvalue weighted by Crippen LogP contribution is -2.04. The van der Waals surface area contributed by atoms with E-state index < -0.39 is 0 Å². The van der Waals surface area contributed by atoms with Crippen LogP contribution in [0, 0.1) is 0 Å². The summed E-state index contributed by atoms with van der Waals surface area (Å²) in [5.41, 5.74) is 4.44. The molecule has 4 nitrogen and oxygen atoms in total. The Morgan fingerprint density at radius 3 is 2.80 bits per heavy atom. The topological polar surface area (TPSA) is 39.8 Å². The third-order valence-electron chi connectivity index (χ3n) is 4.10. The fourth-order valence-electron chi connectivity index (χ4n) is 2.91. The van der Waals surface area contributed by atoms with Crippen molar-refractivity contribution in [2.75, 3.05) is 0 Å². The Bertz CT molecular complexity index is 636. The monoisotopic (exact) mass is 271 g/mol. The van der Waals surface area contributed by atoms with Crippen LogP contribution in [0.4, 0.5) is 0 Å². The highest BCUT2D eigenvalue weighted by Crippen LogP contribution is 2.22. The van der Waals surface area contributed by atoms with E-state index in [-0.39, 0.29) is 0 Å². The summed E-state index contributed by atoms with van der Waals surface area (Å²) in [4.78, 5) is 12.1. The summed E-state index contributed by atoms with van der Waals surface area (Å²) < 4.78 is 4.07. The molecule has 4 heteroatoms. The molecule has 0 saturated heterocycles. The van der Waals surface area contributed by atoms with Crippen LogP contribution >= 0.6 is 0 Å². The summed E-state index contributed by atoms with van der Waals surface area (Å²) >= 11 is 0. The highest BCUT2D eigenvalue weighted by atomic mass is 16.1. The molecule has 1 aliphatic carbocycles.